The van der Waals surface area contributed by atoms with Crippen LogP contribution in [-0.2, 0) is 24.4 Å². The predicted molar refractivity (Wildman–Crippen MR) is 135 cm³/mol. The lowest BCUT2D eigenvalue weighted by atomic mass is 10.1. The van der Waals surface area contributed by atoms with Crippen LogP contribution in [-0.4, -0.2) is 47.7 Å². The molecular weight excluding hydrogens is 477 g/mol. The predicted octanol–water partition coefficient (Wildman–Crippen LogP) is 4.31. The van der Waals surface area contributed by atoms with E-state index in [1.54, 1.807) is 4.90 Å². The zero-order valence-corrected chi connectivity index (χ0v) is 21.2. The van der Waals surface area contributed by atoms with Gasteiger partial charge in [-0.05, 0) is 50.5 Å². The van der Waals surface area contributed by atoms with Gasteiger partial charge >= 0.3 is 12.1 Å². The number of nitrogens with two attached hydrogens (primary N) is 1. The summed E-state index contributed by atoms with van der Waals surface area (Å²) >= 11 is 0. The fraction of sp³-hybridized carbons (Fsp3) is 0.346. The molecule has 1 aliphatic heterocycles. The van der Waals surface area contributed by atoms with Crippen LogP contribution >= 0.6 is 0 Å². The molecule has 2 N–H and O–H groups in total. The number of halogens is 1. The Bertz CT molecular complexity index is 1500. The SMILES string of the molecule is CCOc1nc(N)c2nc(-c3cncc(F)c3)n(Cc3ccc4c(c3)CN(C(=O)OC(C)(C)C)C4)c2n1. The molecule has 10 nitrogen and oxygen atoms in total. The van der Waals surface area contributed by atoms with E-state index >= 15 is 0 Å². The number of carbonyl (C=O) groups excluding carboxylic acids is 1. The first-order valence-corrected chi connectivity index (χ1v) is 12.0. The van der Waals surface area contributed by atoms with Crippen LogP contribution in [0.4, 0.5) is 15.0 Å². The molecule has 0 saturated carbocycles. The molecule has 1 aromatic carbocycles. The molecule has 0 fully saturated rings. The second-order valence-corrected chi connectivity index (χ2v) is 9.85. The van der Waals surface area contributed by atoms with Crippen molar-refractivity contribution in [1.82, 2.24) is 29.4 Å². The van der Waals surface area contributed by atoms with Gasteiger partial charge in [0.25, 0.3) is 0 Å². The summed E-state index contributed by atoms with van der Waals surface area (Å²) in [5.41, 5.74) is 10.00. The Morgan fingerprint density at radius 1 is 1.11 bits per heavy atom. The standard InChI is InChI=1S/C26H28FN7O3/c1-5-36-24-31-21(28)20-23(32-24)34(22(30-20)17-9-19(27)11-29-10-17)12-15-6-7-16-13-33(14-18(16)8-15)25(35)37-26(2,3)4/h6-11H,5,12-14H2,1-4H3,(H2,28,31,32). The summed E-state index contributed by atoms with van der Waals surface area (Å²) in [4.78, 5) is 31.6. The normalized spacial score (nSPS) is 13.2. The van der Waals surface area contributed by atoms with Crippen LogP contribution < -0.4 is 10.5 Å². The van der Waals surface area contributed by atoms with Crippen LogP contribution in [0, 0.1) is 5.82 Å². The van der Waals surface area contributed by atoms with Gasteiger partial charge in [-0.3, -0.25) is 9.88 Å². The Labute approximate surface area is 213 Å². The van der Waals surface area contributed by atoms with Crippen LogP contribution in [0.2, 0.25) is 0 Å². The van der Waals surface area contributed by atoms with E-state index in [0.717, 1.165) is 22.9 Å². The van der Waals surface area contributed by atoms with Crippen molar-refractivity contribution >= 4 is 23.1 Å². The number of rotatable bonds is 5. The van der Waals surface area contributed by atoms with Gasteiger partial charge in [0.2, 0.25) is 0 Å². The molecule has 4 heterocycles. The Hall–Kier alpha value is -4.28. The first-order chi connectivity index (χ1) is 17.6. The molecule has 0 spiro atoms. The lowest BCUT2D eigenvalue weighted by Crippen LogP contribution is -2.33. The molecule has 11 heteroatoms. The number of amides is 1. The molecule has 192 valence electrons. The topological polar surface area (TPSA) is 121 Å². The Kier molecular flexibility index (Phi) is 6.14. The summed E-state index contributed by atoms with van der Waals surface area (Å²) in [6, 6.07) is 7.54. The minimum Gasteiger partial charge on any atom is -0.464 e. The zero-order valence-electron chi connectivity index (χ0n) is 21.2. The molecule has 0 bridgehead atoms. The number of nitrogens with zero attached hydrogens (tertiary/aromatic N) is 6. The zero-order chi connectivity index (χ0) is 26.3. The number of hydrogen-bond donors (Lipinski definition) is 1. The first-order valence-electron chi connectivity index (χ1n) is 12.0. The summed E-state index contributed by atoms with van der Waals surface area (Å²) in [5, 5.41) is 0. The summed E-state index contributed by atoms with van der Waals surface area (Å²) in [6.07, 6.45) is 2.33. The first kappa shape index (κ1) is 24.4. The number of nitrogen functional groups attached to an aromatic ring is 1. The number of ether oxygens (including phenoxy) is 2. The number of hydrogen-bond acceptors (Lipinski definition) is 8. The van der Waals surface area contributed by atoms with Crippen molar-refractivity contribution in [2.45, 2.75) is 52.9 Å². The lowest BCUT2D eigenvalue weighted by molar-refractivity contribution is 0.0242. The van der Waals surface area contributed by atoms with Crippen LogP contribution in [0.15, 0.2) is 36.7 Å². The second kappa shape index (κ2) is 9.30. The van der Waals surface area contributed by atoms with Gasteiger partial charge in [-0.1, -0.05) is 18.2 Å². The fourth-order valence-corrected chi connectivity index (χ4v) is 4.28. The monoisotopic (exact) mass is 505 g/mol. The summed E-state index contributed by atoms with van der Waals surface area (Å²) < 4.78 is 26.9. The molecule has 3 aromatic heterocycles. The average Bonchev–Trinajstić information content (AvgIpc) is 3.40. The van der Waals surface area contributed by atoms with Crippen LogP contribution in [0.3, 0.4) is 0 Å². The van der Waals surface area contributed by atoms with E-state index in [9.17, 15) is 9.18 Å². The van der Waals surface area contributed by atoms with Crippen LogP contribution in [0.1, 0.15) is 44.4 Å². The minimum absolute atomic E-state index is 0.138. The van der Waals surface area contributed by atoms with E-state index in [1.165, 1.54) is 12.3 Å². The average molecular weight is 506 g/mol. The van der Waals surface area contributed by atoms with E-state index in [-0.39, 0.29) is 17.9 Å². The molecule has 4 aromatic rings. The van der Waals surface area contributed by atoms with Crippen molar-refractivity contribution in [3.63, 3.8) is 0 Å². The lowest BCUT2D eigenvalue weighted by Gasteiger charge is -2.24. The number of fused-ring (bicyclic) bond motifs is 2. The van der Waals surface area contributed by atoms with E-state index in [4.69, 9.17) is 15.2 Å². The fourth-order valence-electron chi connectivity index (χ4n) is 4.28. The van der Waals surface area contributed by atoms with Crippen molar-refractivity contribution in [3.05, 3.63) is 59.2 Å². The summed E-state index contributed by atoms with van der Waals surface area (Å²) in [7, 11) is 0. The van der Waals surface area contributed by atoms with E-state index < -0.39 is 11.4 Å². The van der Waals surface area contributed by atoms with Gasteiger partial charge in [-0.2, -0.15) is 9.97 Å². The number of imidazole rings is 1. The van der Waals surface area contributed by atoms with Gasteiger partial charge < -0.3 is 19.8 Å². The van der Waals surface area contributed by atoms with E-state index in [1.807, 2.05) is 50.5 Å². The van der Waals surface area contributed by atoms with Gasteiger partial charge in [0.15, 0.2) is 17.0 Å². The van der Waals surface area contributed by atoms with Gasteiger partial charge in [0.05, 0.1) is 19.3 Å². The third kappa shape index (κ3) is 5.02. The maximum atomic E-state index is 14.1. The smallest absolute Gasteiger partial charge is 0.410 e. The van der Waals surface area contributed by atoms with Crippen molar-refractivity contribution in [2.24, 2.45) is 0 Å². The minimum atomic E-state index is -0.564. The Balaban J connectivity index is 1.52. The van der Waals surface area contributed by atoms with Gasteiger partial charge in [0.1, 0.15) is 17.2 Å². The highest BCUT2D eigenvalue weighted by Gasteiger charge is 2.28. The molecule has 0 radical (unpaired) electrons. The molecule has 37 heavy (non-hydrogen) atoms. The number of pyridine rings is 1. The highest BCUT2D eigenvalue weighted by atomic mass is 19.1. The molecule has 0 unspecified atom stereocenters. The third-order valence-electron chi connectivity index (χ3n) is 5.82. The van der Waals surface area contributed by atoms with E-state index in [0.29, 0.717) is 48.8 Å². The molecule has 1 amide bonds. The summed E-state index contributed by atoms with van der Waals surface area (Å²) in [6.45, 7) is 9.05. The van der Waals surface area contributed by atoms with Crippen molar-refractivity contribution in [3.8, 4) is 17.4 Å². The van der Waals surface area contributed by atoms with Crippen molar-refractivity contribution in [2.75, 3.05) is 12.3 Å². The Morgan fingerprint density at radius 2 is 1.89 bits per heavy atom. The quantitative estimate of drug-likeness (QED) is 0.426. The third-order valence-corrected chi connectivity index (χ3v) is 5.82. The molecule has 0 atom stereocenters. The summed E-state index contributed by atoms with van der Waals surface area (Å²) in [5.74, 6) is 0.136. The highest BCUT2D eigenvalue weighted by Crippen LogP contribution is 2.30. The van der Waals surface area contributed by atoms with Crippen molar-refractivity contribution in [1.29, 1.82) is 0 Å². The molecule has 0 aliphatic carbocycles. The molecule has 5 rings (SSSR count). The van der Waals surface area contributed by atoms with Crippen LogP contribution in [0.25, 0.3) is 22.6 Å². The van der Waals surface area contributed by atoms with Crippen molar-refractivity contribution < 1.29 is 18.7 Å². The maximum absolute atomic E-state index is 14.1. The number of carbonyl (C=O) groups is 1. The number of anilines is 1. The van der Waals surface area contributed by atoms with Gasteiger partial charge in [-0.15, -0.1) is 0 Å². The van der Waals surface area contributed by atoms with Gasteiger partial charge in [-0.25, -0.2) is 14.2 Å². The molecule has 0 saturated heterocycles. The highest BCUT2D eigenvalue weighted by molar-refractivity contribution is 5.86. The number of benzene rings is 1. The second-order valence-electron chi connectivity index (χ2n) is 9.85. The van der Waals surface area contributed by atoms with Crippen LogP contribution in [0.5, 0.6) is 6.01 Å². The number of aromatic nitrogens is 5. The molecule has 1 aliphatic rings. The van der Waals surface area contributed by atoms with Gasteiger partial charge in [0, 0.05) is 24.8 Å². The Morgan fingerprint density at radius 3 is 2.62 bits per heavy atom. The largest absolute Gasteiger partial charge is 0.464 e. The van der Waals surface area contributed by atoms with E-state index in [2.05, 4.69) is 19.9 Å². The molecular formula is C26H28FN7O3. The maximum Gasteiger partial charge on any atom is 0.410 e.